The zero-order chi connectivity index (χ0) is 19.5. The van der Waals surface area contributed by atoms with Gasteiger partial charge in [-0.25, -0.2) is 9.97 Å². The average Bonchev–Trinajstić information content (AvgIpc) is 3.35. The maximum absolute atomic E-state index is 12.0. The van der Waals surface area contributed by atoms with Crippen molar-refractivity contribution in [3.8, 4) is 11.4 Å². The molecule has 0 aliphatic heterocycles. The van der Waals surface area contributed by atoms with Gasteiger partial charge in [0.05, 0.1) is 25.5 Å². The number of ether oxygens (including phenoxy) is 1. The van der Waals surface area contributed by atoms with Crippen LogP contribution in [0.25, 0.3) is 22.4 Å². The van der Waals surface area contributed by atoms with Crippen LogP contribution in [-0.2, 0) is 16.1 Å². The van der Waals surface area contributed by atoms with E-state index < -0.39 is 0 Å². The van der Waals surface area contributed by atoms with Crippen molar-refractivity contribution in [3.63, 3.8) is 0 Å². The van der Waals surface area contributed by atoms with Gasteiger partial charge in [-0.3, -0.25) is 4.79 Å². The van der Waals surface area contributed by atoms with Gasteiger partial charge in [0.1, 0.15) is 5.65 Å². The van der Waals surface area contributed by atoms with Crippen molar-refractivity contribution in [2.45, 2.75) is 31.8 Å². The molecule has 0 spiro atoms. The van der Waals surface area contributed by atoms with Gasteiger partial charge in [-0.15, -0.1) is 0 Å². The van der Waals surface area contributed by atoms with Crippen LogP contribution in [0, 0.1) is 5.92 Å². The third-order valence-electron chi connectivity index (χ3n) is 5.33. The van der Waals surface area contributed by atoms with Crippen LogP contribution >= 0.6 is 0 Å². The molecule has 0 radical (unpaired) electrons. The normalized spacial score (nSPS) is 19.3. The van der Waals surface area contributed by atoms with E-state index in [2.05, 4.69) is 4.98 Å². The summed E-state index contributed by atoms with van der Waals surface area (Å²) in [7, 11) is 0. The molecule has 0 bridgehead atoms. The quantitative estimate of drug-likeness (QED) is 0.545. The van der Waals surface area contributed by atoms with Gasteiger partial charge in [0.15, 0.2) is 5.82 Å². The molecule has 1 amide bonds. The molecular formula is C21H24N4O3. The number of nitrogens with two attached hydrogens (primary N) is 1. The standard InChI is InChI=1S/C21H24N4O3/c22-19(27)16-8-4-7-15(16)18-17-11-14(12-28-10-9-26)23-21(17)25-20(24-18)13-5-2-1-3-6-13/h1-3,5-6,11,15-16,26H,4,7-10,12H2,(H2,22,27)(H,23,24,25)/t15?,16-/m1/s1. The first-order valence-corrected chi connectivity index (χ1v) is 9.60. The highest BCUT2D eigenvalue weighted by molar-refractivity contribution is 5.84. The topological polar surface area (TPSA) is 114 Å². The monoisotopic (exact) mass is 380 g/mol. The van der Waals surface area contributed by atoms with Crippen LogP contribution in [0.4, 0.5) is 0 Å². The molecule has 1 aromatic carbocycles. The number of primary amides is 1. The number of nitrogens with one attached hydrogen (secondary N) is 1. The SMILES string of the molecule is NC(=O)[C@@H]1CCCC1c1nc(-c2ccccc2)nc2[nH]c(COCCO)cc12. The first kappa shape index (κ1) is 18.6. The van der Waals surface area contributed by atoms with Crippen LogP contribution in [-0.4, -0.2) is 39.2 Å². The Balaban J connectivity index is 1.81. The Morgan fingerprint density at radius 3 is 2.82 bits per heavy atom. The molecular weight excluding hydrogens is 356 g/mol. The van der Waals surface area contributed by atoms with Gasteiger partial charge in [-0.1, -0.05) is 36.8 Å². The molecule has 2 atom stereocenters. The van der Waals surface area contributed by atoms with Gasteiger partial charge < -0.3 is 20.6 Å². The summed E-state index contributed by atoms with van der Waals surface area (Å²) in [4.78, 5) is 24.9. The molecule has 0 saturated heterocycles. The minimum Gasteiger partial charge on any atom is -0.394 e. The van der Waals surface area contributed by atoms with Gasteiger partial charge in [-0.2, -0.15) is 0 Å². The highest BCUT2D eigenvalue weighted by atomic mass is 16.5. The summed E-state index contributed by atoms with van der Waals surface area (Å²) >= 11 is 0. The number of nitrogens with zero attached hydrogens (tertiary/aromatic N) is 2. The molecule has 4 N–H and O–H groups in total. The van der Waals surface area contributed by atoms with E-state index in [4.69, 9.17) is 25.5 Å². The molecule has 1 aliphatic rings. The second kappa shape index (κ2) is 8.08. The molecule has 1 aliphatic carbocycles. The number of aromatic amines is 1. The van der Waals surface area contributed by atoms with Crippen molar-refractivity contribution in [1.29, 1.82) is 0 Å². The van der Waals surface area contributed by atoms with E-state index in [-0.39, 0.29) is 31.0 Å². The number of carbonyl (C=O) groups excluding carboxylic acids is 1. The van der Waals surface area contributed by atoms with E-state index in [1.165, 1.54) is 0 Å². The number of hydrogen-bond donors (Lipinski definition) is 3. The minimum absolute atomic E-state index is 0.00697. The summed E-state index contributed by atoms with van der Waals surface area (Å²) in [6.45, 7) is 0.599. The van der Waals surface area contributed by atoms with Crippen molar-refractivity contribution < 1.29 is 14.6 Å². The van der Waals surface area contributed by atoms with Crippen molar-refractivity contribution in [2.24, 2.45) is 11.7 Å². The molecule has 28 heavy (non-hydrogen) atoms. The van der Waals surface area contributed by atoms with Gasteiger partial charge >= 0.3 is 0 Å². The summed E-state index contributed by atoms with van der Waals surface area (Å²) < 4.78 is 5.43. The van der Waals surface area contributed by atoms with Crippen LogP contribution in [0.15, 0.2) is 36.4 Å². The lowest BCUT2D eigenvalue weighted by atomic mass is 9.90. The molecule has 1 fully saturated rings. The fourth-order valence-corrected chi connectivity index (χ4v) is 4.04. The fraction of sp³-hybridized carbons (Fsp3) is 0.381. The number of amides is 1. The van der Waals surface area contributed by atoms with Crippen molar-refractivity contribution in [1.82, 2.24) is 15.0 Å². The lowest BCUT2D eigenvalue weighted by molar-refractivity contribution is -0.122. The number of aliphatic hydroxyl groups excluding tert-OH is 1. The first-order chi connectivity index (χ1) is 13.7. The van der Waals surface area contributed by atoms with E-state index in [0.29, 0.717) is 12.4 Å². The van der Waals surface area contributed by atoms with Crippen LogP contribution < -0.4 is 5.73 Å². The largest absolute Gasteiger partial charge is 0.394 e. The predicted octanol–water partition coefficient (Wildman–Crippen LogP) is 2.50. The Bertz CT molecular complexity index is 970. The summed E-state index contributed by atoms with van der Waals surface area (Å²) in [6.07, 6.45) is 2.64. The molecule has 7 nitrogen and oxygen atoms in total. The second-order valence-corrected chi connectivity index (χ2v) is 7.18. The summed E-state index contributed by atoms with van der Waals surface area (Å²) in [5.41, 5.74) is 9.05. The smallest absolute Gasteiger partial charge is 0.221 e. The Kier molecular flexibility index (Phi) is 5.36. The van der Waals surface area contributed by atoms with Gasteiger partial charge in [0.25, 0.3) is 0 Å². The van der Waals surface area contributed by atoms with Crippen LogP contribution in [0.2, 0.25) is 0 Å². The molecule has 146 valence electrons. The second-order valence-electron chi connectivity index (χ2n) is 7.18. The molecule has 1 saturated carbocycles. The van der Waals surface area contributed by atoms with Gasteiger partial charge in [0, 0.05) is 28.5 Å². The number of hydrogen-bond acceptors (Lipinski definition) is 5. The number of rotatable bonds is 7. The van der Waals surface area contributed by atoms with Crippen molar-refractivity contribution >= 4 is 16.9 Å². The maximum atomic E-state index is 12.0. The molecule has 4 rings (SSSR count). The highest BCUT2D eigenvalue weighted by Crippen LogP contribution is 2.41. The molecule has 2 heterocycles. The van der Waals surface area contributed by atoms with Gasteiger partial charge in [-0.05, 0) is 18.9 Å². The van der Waals surface area contributed by atoms with E-state index >= 15 is 0 Å². The third kappa shape index (κ3) is 3.63. The summed E-state index contributed by atoms with van der Waals surface area (Å²) in [5.74, 6) is 0.152. The highest BCUT2D eigenvalue weighted by Gasteiger charge is 2.35. The zero-order valence-electron chi connectivity index (χ0n) is 15.6. The van der Waals surface area contributed by atoms with E-state index in [0.717, 1.165) is 47.2 Å². The third-order valence-corrected chi connectivity index (χ3v) is 5.33. The first-order valence-electron chi connectivity index (χ1n) is 9.60. The number of fused-ring (bicyclic) bond motifs is 1. The number of H-pyrrole nitrogens is 1. The van der Waals surface area contributed by atoms with Crippen LogP contribution in [0.5, 0.6) is 0 Å². The van der Waals surface area contributed by atoms with Gasteiger partial charge in [0.2, 0.25) is 5.91 Å². The Hall–Kier alpha value is -2.77. The number of carbonyl (C=O) groups is 1. The number of aromatic nitrogens is 3. The molecule has 1 unspecified atom stereocenters. The predicted molar refractivity (Wildman–Crippen MR) is 105 cm³/mol. The zero-order valence-corrected chi connectivity index (χ0v) is 15.6. The number of benzene rings is 1. The lowest BCUT2D eigenvalue weighted by Gasteiger charge is -2.17. The average molecular weight is 380 g/mol. The maximum Gasteiger partial charge on any atom is 0.221 e. The Labute approximate surface area is 163 Å². The number of aliphatic hydroxyl groups is 1. The van der Waals surface area contributed by atoms with Crippen molar-refractivity contribution in [3.05, 3.63) is 47.8 Å². The fourth-order valence-electron chi connectivity index (χ4n) is 4.04. The lowest BCUT2D eigenvalue weighted by Crippen LogP contribution is -2.25. The Morgan fingerprint density at radius 2 is 2.07 bits per heavy atom. The van der Waals surface area contributed by atoms with Crippen LogP contribution in [0.3, 0.4) is 0 Å². The molecule has 7 heteroatoms. The minimum atomic E-state index is -0.266. The van der Waals surface area contributed by atoms with Crippen LogP contribution in [0.1, 0.15) is 36.6 Å². The van der Waals surface area contributed by atoms with E-state index in [1.807, 2.05) is 36.4 Å². The summed E-state index contributed by atoms with van der Waals surface area (Å²) in [6, 6.07) is 11.8. The van der Waals surface area contributed by atoms with E-state index in [1.54, 1.807) is 0 Å². The summed E-state index contributed by atoms with van der Waals surface area (Å²) in [5, 5.41) is 9.82. The Morgan fingerprint density at radius 1 is 1.25 bits per heavy atom. The molecule has 2 aromatic heterocycles. The van der Waals surface area contributed by atoms with Crippen molar-refractivity contribution in [2.75, 3.05) is 13.2 Å². The van der Waals surface area contributed by atoms with E-state index in [9.17, 15) is 4.79 Å². The molecule has 3 aromatic rings.